The molecule has 0 fully saturated rings. The third-order valence-corrected chi connectivity index (χ3v) is 5.15. The monoisotopic (exact) mass is 354 g/mol. The Labute approximate surface area is 161 Å². The minimum Gasteiger partial charge on any atom is -0.237 e. The molecular weight excluding hydrogens is 328 g/mol. The molecule has 0 saturated heterocycles. The van der Waals surface area contributed by atoms with Gasteiger partial charge in [-0.25, -0.2) is 4.52 Å². The maximum absolute atomic E-state index is 4.98. The van der Waals surface area contributed by atoms with Crippen LogP contribution in [0.5, 0.6) is 0 Å². The van der Waals surface area contributed by atoms with Crippen molar-refractivity contribution >= 4 is 5.52 Å². The van der Waals surface area contributed by atoms with Gasteiger partial charge in [-0.1, -0.05) is 92.9 Å². The Morgan fingerprint density at radius 3 is 2.15 bits per heavy atom. The van der Waals surface area contributed by atoms with Crippen LogP contribution in [0.15, 0.2) is 78.9 Å². The third-order valence-electron chi connectivity index (χ3n) is 5.15. The normalized spacial score (nSPS) is 11.1. The molecule has 0 aliphatic carbocycles. The van der Waals surface area contributed by atoms with Crippen molar-refractivity contribution in [2.45, 2.75) is 39.0 Å². The van der Waals surface area contributed by atoms with Crippen LogP contribution in [0.4, 0.5) is 0 Å². The van der Waals surface area contributed by atoms with Gasteiger partial charge in [0.25, 0.3) is 0 Å². The van der Waals surface area contributed by atoms with E-state index in [0.29, 0.717) is 0 Å². The summed E-state index contributed by atoms with van der Waals surface area (Å²) in [5, 5.41) is 4.98. The van der Waals surface area contributed by atoms with Gasteiger partial charge >= 0.3 is 0 Å². The fourth-order valence-electron chi connectivity index (χ4n) is 3.70. The predicted octanol–water partition coefficient (Wildman–Crippen LogP) is 6.79. The number of fused-ring (bicyclic) bond motifs is 1. The maximum Gasteiger partial charge on any atom is 0.0933 e. The molecule has 0 aliphatic rings. The van der Waals surface area contributed by atoms with Gasteiger partial charge in [0.05, 0.1) is 16.9 Å². The number of benzene rings is 2. The lowest BCUT2D eigenvalue weighted by molar-refractivity contribution is 0.652. The van der Waals surface area contributed by atoms with E-state index in [-0.39, 0.29) is 0 Å². The molecule has 2 heterocycles. The number of aryl methyl sites for hydroxylation is 1. The highest BCUT2D eigenvalue weighted by Gasteiger charge is 2.13. The van der Waals surface area contributed by atoms with E-state index in [9.17, 15) is 0 Å². The lowest BCUT2D eigenvalue weighted by Gasteiger charge is -2.12. The van der Waals surface area contributed by atoms with Crippen molar-refractivity contribution in [3.8, 4) is 22.4 Å². The minimum absolute atomic E-state index is 1.04. The molecule has 4 aromatic rings. The summed E-state index contributed by atoms with van der Waals surface area (Å²) in [6, 6.07) is 27.8. The summed E-state index contributed by atoms with van der Waals surface area (Å²) in [7, 11) is 0. The number of nitrogens with zero attached hydrogens (tertiary/aromatic N) is 2. The largest absolute Gasteiger partial charge is 0.237 e. The van der Waals surface area contributed by atoms with Crippen molar-refractivity contribution in [1.82, 2.24) is 9.61 Å². The van der Waals surface area contributed by atoms with Crippen LogP contribution in [-0.4, -0.2) is 9.61 Å². The second-order valence-electron chi connectivity index (χ2n) is 7.10. The Morgan fingerprint density at radius 2 is 1.44 bits per heavy atom. The van der Waals surface area contributed by atoms with Crippen molar-refractivity contribution in [3.05, 3.63) is 84.6 Å². The van der Waals surface area contributed by atoms with Crippen molar-refractivity contribution in [1.29, 1.82) is 0 Å². The molecule has 0 atom stereocenters. The summed E-state index contributed by atoms with van der Waals surface area (Å²) < 4.78 is 2.16. The quantitative estimate of drug-likeness (QED) is 0.334. The molecule has 0 amide bonds. The molecule has 136 valence electrons. The van der Waals surface area contributed by atoms with E-state index in [4.69, 9.17) is 5.10 Å². The zero-order valence-corrected chi connectivity index (χ0v) is 15.9. The molecule has 0 spiro atoms. The Bertz CT molecular complexity index is 1000. The van der Waals surface area contributed by atoms with Gasteiger partial charge in [0.15, 0.2) is 0 Å². The van der Waals surface area contributed by atoms with Gasteiger partial charge in [-0.2, -0.15) is 5.10 Å². The molecule has 0 unspecified atom stereocenters. The lowest BCUT2D eigenvalue weighted by Crippen LogP contribution is -2.02. The van der Waals surface area contributed by atoms with Crippen molar-refractivity contribution in [3.63, 3.8) is 0 Å². The first-order valence-corrected chi connectivity index (χ1v) is 9.99. The summed E-state index contributed by atoms with van der Waals surface area (Å²) in [5.74, 6) is 0. The topological polar surface area (TPSA) is 17.3 Å². The molecule has 0 N–H and O–H groups in total. The van der Waals surface area contributed by atoms with Gasteiger partial charge in [0.1, 0.15) is 0 Å². The third kappa shape index (κ3) is 3.80. The van der Waals surface area contributed by atoms with Crippen LogP contribution in [0, 0.1) is 0 Å². The molecule has 27 heavy (non-hydrogen) atoms. The zero-order chi connectivity index (χ0) is 18.5. The van der Waals surface area contributed by atoms with Gasteiger partial charge in [-0.05, 0) is 30.5 Å². The predicted molar refractivity (Wildman–Crippen MR) is 114 cm³/mol. The average molecular weight is 354 g/mol. The summed E-state index contributed by atoms with van der Waals surface area (Å²) in [6.07, 6.45) is 6.08. The highest BCUT2D eigenvalue weighted by Crippen LogP contribution is 2.28. The molecular formula is C25H26N2. The number of hydrogen-bond donors (Lipinski definition) is 0. The Morgan fingerprint density at radius 1 is 0.741 bits per heavy atom. The molecule has 0 aliphatic heterocycles. The number of unbranched alkanes of at least 4 members (excludes halogenated alkanes) is 3. The van der Waals surface area contributed by atoms with Crippen LogP contribution in [-0.2, 0) is 6.42 Å². The minimum atomic E-state index is 1.04. The van der Waals surface area contributed by atoms with Gasteiger partial charge in [0.2, 0.25) is 0 Å². The van der Waals surface area contributed by atoms with Crippen molar-refractivity contribution < 1.29 is 0 Å². The summed E-state index contributed by atoms with van der Waals surface area (Å²) in [4.78, 5) is 0. The molecule has 2 aromatic heterocycles. The lowest BCUT2D eigenvalue weighted by atomic mass is 10.00. The first-order chi connectivity index (χ1) is 13.4. The fourth-order valence-corrected chi connectivity index (χ4v) is 3.70. The summed E-state index contributed by atoms with van der Waals surface area (Å²) in [6.45, 7) is 2.26. The maximum atomic E-state index is 4.98. The molecule has 4 rings (SSSR count). The number of rotatable bonds is 7. The zero-order valence-electron chi connectivity index (χ0n) is 15.9. The van der Waals surface area contributed by atoms with Crippen molar-refractivity contribution in [2.75, 3.05) is 0 Å². The molecule has 0 radical (unpaired) electrons. The van der Waals surface area contributed by atoms with Crippen molar-refractivity contribution in [2.24, 2.45) is 0 Å². The highest BCUT2D eigenvalue weighted by atomic mass is 15.2. The number of aromatic nitrogens is 2. The van der Waals surface area contributed by atoms with E-state index < -0.39 is 0 Å². The Hall–Kier alpha value is -2.87. The molecule has 0 bridgehead atoms. The first-order valence-electron chi connectivity index (χ1n) is 9.99. The summed E-state index contributed by atoms with van der Waals surface area (Å²) in [5.41, 5.74) is 7.25. The van der Waals surface area contributed by atoms with Crippen LogP contribution in [0.25, 0.3) is 27.9 Å². The van der Waals surface area contributed by atoms with E-state index in [2.05, 4.69) is 84.2 Å². The van der Waals surface area contributed by atoms with E-state index in [1.807, 2.05) is 6.07 Å². The van der Waals surface area contributed by atoms with Crippen LogP contribution in [0.2, 0.25) is 0 Å². The van der Waals surface area contributed by atoms with Gasteiger partial charge < -0.3 is 0 Å². The second-order valence-corrected chi connectivity index (χ2v) is 7.10. The highest BCUT2D eigenvalue weighted by molar-refractivity contribution is 5.72. The summed E-state index contributed by atoms with van der Waals surface area (Å²) >= 11 is 0. The van der Waals surface area contributed by atoms with E-state index in [1.165, 1.54) is 53.6 Å². The van der Waals surface area contributed by atoms with Gasteiger partial charge in [0, 0.05) is 11.1 Å². The fraction of sp³-hybridized carbons (Fsp3) is 0.240. The van der Waals surface area contributed by atoms with Gasteiger partial charge in [-0.3, -0.25) is 0 Å². The molecule has 2 aromatic carbocycles. The number of hydrogen-bond acceptors (Lipinski definition) is 1. The van der Waals surface area contributed by atoms with E-state index in [0.717, 1.165) is 12.1 Å². The van der Waals surface area contributed by atoms with Crippen LogP contribution in [0.3, 0.4) is 0 Å². The molecule has 0 saturated carbocycles. The molecule has 2 nitrogen and oxygen atoms in total. The average Bonchev–Trinajstić information content (AvgIpc) is 3.17. The smallest absolute Gasteiger partial charge is 0.0933 e. The number of pyridine rings is 1. The van der Waals surface area contributed by atoms with Crippen LogP contribution < -0.4 is 0 Å². The Balaban J connectivity index is 1.80. The van der Waals surface area contributed by atoms with Gasteiger partial charge in [-0.15, -0.1) is 0 Å². The first kappa shape index (κ1) is 17.5. The SMILES string of the molecule is CCCCCCc1c(-c2ccccc2)ccc2cc(-c3ccccc3)nn12. The van der Waals surface area contributed by atoms with Crippen LogP contribution in [0.1, 0.15) is 38.3 Å². The second kappa shape index (κ2) is 8.22. The Kier molecular flexibility index (Phi) is 5.34. The standard InChI is InChI=1S/C25H26N2/c1-2-3-4-11-16-25-23(20-12-7-5-8-13-20)18-17-22-19-24(26-27(22)25)21-14-9-6-10-15-21/h5-10,12-15,17-19H,2-4,11,16H2,1H3. The van der Waals surface area contributed by atoms with E-state index >= 15 is 0 Å². The molecule has 2 heteroatoms. The van der Waals surface area contributed by atoms with Crippen LogP contribution >= 0.6 is 0 Å². The van der Waals surface area contributed by atoms with E-state index in [1.54, 1.807) is 0 Å².